The van der Waals surface area contributed by atoms with Gasteiger partial charge in [-0.3, -0.25) is 4.79 Å². The first-order valence-corrected chi connectivity index (χ1v) is 10.9. The van der Waals surface area contributed by atoms with Crippen molar-refractivity contribution in [1.82, 2.24) is 19.8 Å². The zero-order chi connectivity index (χ0) is 22.3. The molecule has 0 radical (unpaired) electrons. The minimum atomic E-state index is 0.192. The highest BCUT2D eigenvalue weighted by molar-refractivity contribution is 5.81. The second kappa shape index (κ2) is 10.1. The molecule has 0 aliphatic carbocycles. The fourth-order valence-electron chi connectivity index (χ4n) is 3.75. The number of ether oxygens (including phenoxy) is 1. The molecule has 2 aliphatic rings. The maximum atomic E-state index is 12.4. The Hall–Kier alpha value is -3.64. The van der Waals surface area contributed by atoms with Crippen LogP contribution in [-0.4, -0.2) is 64.9 Å². The molecule has 0 atom stereocenters. The summed E-state index contributed by atoms with van der Waals surface area (Å²) in [5.74, 6) is 1.63. The Balaban J connectivity index is 1.30. The Labute approximate surface area is 187 Å². The van der Waals surface area contributed by atoms with Crippen molar-refractivity contribution in [2.75, 3.05) is 49.9 Å². The molecule has 9 nitrogen and oxygen atoms in total. The minimum absolute atomic E-state index is 0.192. The van der Waals surface area contributed by atoms with Crippen molar-refractivity contribution in [2.24, 2.45) is 0 Å². The molecule has 9 heteroatoms. The quantitative estimate of drug-likeness (QED) is 0.507. The lowest BCUT2D eigenvalue weighted by molar-refractivity contribution is -0.132. The number of nitriles is 1. The van der Waals surface area contributed by atoms with E-state index in [1.165, 1.54) is 0 Å². The summed E-state index contributed by atoms with van der Waals surface area (Å²) < 4.78 is 5.77. The fraction of sp³-hybridized carbons (Fsp3) is 0.391. The number of piperazine rings is 1. The van der Waals surface area contributed by atoms with Gasteiger partial charge in [0.2, 0.25) is 17.7 Å². The van der Waals surface area contributed by atoms with E-state index in [2.05, 4.69) is 38.5 Å². The first-order valence-electron chi connectivity index (χ1n) is 10.9. The van der Waals surface area contributed by atoms with Gasteiger partial charge in [0.15, 0.2) is 5.75 Å². The molecular formula is C23H27N7O2. The second-order valence-electron chi connectivity index (χ2n) is 7.65. The predicted molar refractivity (Wildman–Crippen MR) is 122 cm³/mol. The molecule has 32 heavy (non-hydrogen) atoms. The van der Waals surface area contributed by atoms with Crippen LogP contribution in [0, 0.1) is 11.3 Å². The summed E-state index contributed by atoms with van der Waals surface area (Å²) in [6.45, 7) is 7.25. The maximum absolute atomic E-state index is 12.4. The van der Waals surface area contributed by atoms with Crippen LogP contribution in [0.5, 0.6) is 5.75 Å². The Morgan fingerprint density at radius 2 is 2.06 bits per heavy atom. The zero-order valence-corrected chi connectivity index (χ0v) is 18.2. The largest absolute Gasteiger partial charge is 0.437 e. The van der Waals surface area contributed by atoms with Crippen LogP contribution in [0.25, 0.3) is 5.57 Å². The lowest BCUT2D eigenvalue weighted by Gasteiger charge is -2.34. The van der Waals surface area contributed by atoms with E-state index in [9.17, 15) is 10.1 Å². The number of para-hydroxylation sites is 2. The summed E-state index contributed by atoms with van der Waals surface area (Å²) in [4.78, 5) is 25.4. The van der Waals surface area contributed by atoms with E-state index in [4.69, 9.17) is 4.74 Å². The van der Waals surface area contributed by atoms with E-state index in [1.807, 2.05) is 29.2 Å². The monoisotopic (exact) mass is 433 g/mol. The molecule has 0 spiro atoms. The minimum Gasteiger partial charge on any atom is -0.437 e. The van der Waals surface area contributed by atoms with Gasteiger partial charge in [-0.25, -0.2) is 9.97 Å². The van der Waals surface area contributed by atoms with Crippen LogP contribution in [0.15, 0.2) is 42.4 Å². The van der Waals surface area contributed by atoms with Crippen LogP contribution in [0.4, 0.5) is 11.6 Å². The van der Waals surface area contributed by atoms with Crippen molar-refractivity contribution < 1.29 is 9.53 Å². The summed E-state index contributed by atoms with van der Waals surface area (Å²) in [5.41, 5.74) is 1.57. The van der Waals surface area contributed by atoms with E-state index in [0.717, 1.165) is 38.4 Å². The van der Waals surface area contributed by atoms with Crippen molar-refractivity contribution >= 4 is 23.1 Å². The molecule has 0 bridgehead atoms. The number of aromatic nitrogens is 2. The number of benzene rings is 1. The molecule has 1 fully saturated rings. The number of rotatable bonds is 7. The molecule has 166 valence electrons. The molecule has 1 saturated heterocycles. The van der Waals surface area contributed by atoms with Gasteiger partial charge in [0.25, 0.3) is 0 Å². The van der Waals surface area contributed by atoms with Gasteiger partial charge < -0.3 is 25.2 Å². The van der Waals surface area contributed by atoms with Crippen LogP contribution in [0.3, 0.4) is 0 Å². The van der Waals surface area contributed by atoms with Crippen molar-refractivity contribution in [3.05, 3.63) is 48.1 Å². The highest BCUT2D eigenvalue weighted by atomic mass is 16.5. The molecule has 1 aromatic heterocycles. The molecule has 2 aliphatic heterocycles. The molecule has 2 N–H and O–H groups in total. The number of hydrogen-bond acceptors (Lipinski definition) is 8. The number of carbonyl (C=O) groups excluding carboxylic acids is 1. The summed E-state index contributed by atoms with van der Waals surface area (Å²) >= 11 is 0. The molecule has 1 aromatic carbocycles. The normalized spacial score (nSPS) is 17.1. The van der Waals surface area contributed by atoms with Crippen molar-refractivity contribution in [3.8, 4) is 11.8 Å². The van der Waals surface area contributed by atoms with E-state index in [-0.39, 0.29) is 5.91 Å². The van der Waals surface area contributed by atoms with Gasteiger partial charge in [-0.1, -0.05) is 19.1 Å². The van der Waals surface area contributed by atoms with E-state index in [1.54, 1.807) is 12.3 Å². The van der Waals surface area contributed by atoms with E-state index in [0.29, 0.717) is 48.2 Å². The van der Waals surface area contributed by atoms with Crippen LogP contribution < -0.4 is 15.4 Å². The van der Waals surface area contributed by atoms with E-state index >= 15 is 0 Å². The Bertz CT molecular complexity index is 1010. The molecule has 0 saturated carbocycles. The third kappa shape index (κ3) is 4.98. The van der Waals surface area contributed by atoms with Gasteiger partial charge in [0.1, 0.15) is 11.6 Å². The summed E-state index contributed by atoms with van der Waals surface area (Å²) in [5, 5.41) is 16.0. The Kier molecular flexibility index (Phi) is 6.82. The number of hydrogen-bond donors (Lipinski definition) is 2. The highest BCUT2D eigenvalue weighted by Crippen LogP contribution is 2.35. The van der Waals surface area contributed by atoms with Gasteiger partial charge in [-0.15, -0.1) is 0 Å². The summed E-state index contributed by atoms with van der Waals surface area (Å²) in [6, 6.07) is 11.3. The third-order valence-corrected chi connectivity index (χ3v) is 5.62. The number of allylic oxidation sites excluding steroid dienone is 1. The third-order valence-electron chi connectivity index (χ3n) is 5.62. The SMILES string of the molecule is CCN1CCN(C(=O)CCCNc2nccc(/C(C#N)=C3\Nc4ccccc4O3)n2)CC1. The van der Waals surface area contributed by atoms with Gasteiger partial charge in [-0.2, -0.15) is 5.26 Å². The molecule has 0 unspecified atom stereocenters. The van der Waals surface area contributed by atoms with E-state index < -0.39 is 0 Å². The van der Waals surface area contributed by atoms with Gasteiger partial charge in [0.05, 0.1) is 11.4 Å². The molecule has 2 aromatic rings. The highest BCUT2D eigenvalue weighted by Gasteiger charge is 2.22. The van der Waals surface area contributed by atoms with Gasteiger partial charge in [0, 0.05) is 45.3 Å². The van der Waals surface area contributed by atoms with Crippen LogP contribution in [0.2, 0.25) is 0 Å². The lowest BCUT2D eigenvalue weighted by atomic mass is 10.2. The molecular weight excluding hydrogens is 406 g/mol. The summed E-state index contributed by atoms with van der Waals surface area (Å²) in [7, 11) is 0. The van der Waals surface area contributed by atoms with Gasteiger partial charge >= 0.3 is 0 Å². The first kappa shape index (κ1) is 21.6. The average Bonchev–Trinajstić information content (AvgIpc) is 3.26. The number of nitrogens with one attached hydrogen (secondary N) is 2. The Morgan fingerprint density at radius 3 is 2.81 bits per heavy atom. The van der Waals surface area contributed by atoms with Crippen molar-refractivity contribution in [3.63, 3.8) is 0 Å². The molecule has 3 heterocycles. The van der Waals surface area contributed by atoms with Crippen molar-refractivity contribution in [2.45, 2.75) is 19.8 Å². The number of anilines is 2. The maximum Gasteiger partial charge on any atom is 0.223 e. The fourth-order valence-corrected chi connectivity index (χ4v) is 3.75. The predicted octanol–water partition coefficient (Wildman–Crippen LogP) is 2.53. The van der Waals surface area contributed by atoms with Crippen LogP contribution >= 0.6 is 0 Å². The first-order chi connectivity index (χ1) is 15.7. The van der Waals surface area contributed by atoms with Crippen LogP contribution in [-0.2, 0) is 4.79 Å². The smallest absolute Gasteiger partial charge is 0.223 e. The van der Waals surface area contributed by atoms with Gasteiger partial charge in [-0.05, 0) is 31.2 Å². The Morgan fingerprint density at radius 1 is 1.25 bits per heavy atom. The number of fused-ring (bicyclic) bond motifs is 1. The molecule has 4 rings (SSSR count). The number of amides is 1. The summed E-state index contributed by atoms with van der Waals surface area (Å²) in [6.07, 6.45) is 2.78. The standard InChI is InChI=1S/C23H27N7O2/c1-2-29-12-14-30(15-13-29)21(31)8-5-10-25-23-26-11-9-18(28-23)17(16-24)22-27-19-6-3-4-7-20(19)32-22/h3-4,6-7,9,11,27H,2,5,8,10,12-15H2,1H3,(H,25,26,28)/b22-17+. The van der Waals surface area contributed by atoms with Crippen molar-refractivity contribution in [1.29, 1.82) is 5.26 Å². The topological polar surface area (TPSA) is 106 Å². The number of likely N-dealkylation sites (N-methyl/N-ethyl adjacent to an activating group) is 1. The zero-order valence-electron chi connectivity index (χ0n) is 18.2. The van der Waals surface area contributed by atoms with Crippen LogP contribution in [0.1, 0.15) is 25.5 Å². The number of carbonyl (C=O) groups is 1. The average molecular weight is 434 g/mol. The molecule has 1 amide bonds. The lowest BCUT2D eigenvalue weighted by Crippen LogP contribution is -2.48. The second-order valence-corrected chi connectivity index (χ2v) is 7.65. The number of nitrogens with zero attached hydrogens (tertiary/aromatic N) is 5.